The molecule has 1 aromatic rings. The summed E-state index contributed by atoms with van der Waals surface area (Å²) < 4.78 is 41.7. The fourth-order valence-electron chi connectivity index (χ4n) is 2.81. The lowest BCUT2D eigenvalue weighted by molar-refractivity contribution is -0.247. The lowest BCUT2D eigenvalue weighted by Crippen LogP contribution is -2.45. The van der Waals surface area contributed by atoms with Crippen molar-refractivity contribution in [2.45, 2.75) is 42.9 Å². The largest absolute Gasteiger partial charge is 0.756 e. The van der Waals surface area contributed by atoms with Crippen LogP contribution in [0.25, 0.3) is 0 Å². The number of phosphoric acid groups is 2. The van der Waals surface area contributed by atoms with Gasteiger partial charge in [0.15, 0.2) is 12.0 Å². The quantitative estimate of drug-likeness (QED) is 0.110. The van der Waals surface area contributed by atoms with E-state index in [1.54, 1.807) is 0 Å². The molecule has 0 amide bonds. The molecule has 36 heavy (non-hydrogen) atoms. The molecule has 1 saturated heterocycles. The van der Waals surface area contributed by atoms with E-state index in [-0.39, 0.29) is 5.82 Å². The van der Waals surface area contributed by atoms with Gasteiger partial charge in [-0.05, 0) is 6.07 Å². The number of phosphoric ester groups is 2. The minimum Gasteiger partial charge on any atom is -0.756 e. The van der Waals surface area contributed by atoms with Crippen molar-refractivity contribution in [3.8, 4) is 0 Å². The maximum Gasteiger partial charge on any atom is 0.351 e. The van der Waals surface area contributed by atoms with Crippen molar-refractivity contribution in [2.75, 3.05) is 25.6 Å². The summed E-state index contributed by atoms with van der Waals surface area (Å²) in [6.07, 6.45) is -12.4. The molecule has 2 unspecified atom stereocenters. The zero-order valence-electron chi connectivity index (χ0n) is 17.9. The van der Waals surface area contributed by atoms with Gasteiger partial charge in [-0.3, -0.25) is 18.5 Å². The minimum absolute atomic E-state index is 0.144. The number of rotatable bonds is 13. The summed E-state index contributed by atoms with van der Waals surface area (Å²) >= 11 is 0. The summed E-state index contributed by atoms with van der Waals surface area (Å²) in [5.74, 6) is -1.45. The van der Waals surface area contributed by atoms with E-state index in [2.05, 4.69) is 18.3 Å². The zero-order chi connectivity index (χ0) is 27.4. The van der Waals surface area contributed by atoms with Crippen LogP contribution in [-0.2, 0) is 32.0 Å². The first-order valence-corrected chi connectivity index (χ1v) is 12.7. The van der Waals surface area contributed by atoms with E-state index in [4.69, 9.17) is 15.6 Å². The number of ketones is 1. The summed E-state index contributed by atoms with van der Waals surface area (Å²) in [7, 11) is -11.5. The number of anilines is 1. The van der Waals surface area contributed by atoms with Crippen LogP contribution in [0.1, 0.15) is 6.23 Å². The van der Waals surface area contributed by atoms with Crippen molar-refractivity contribution < 1.29 is 72.4 Å². The average molecular weight is 563 g/mol. The third kappa shape index (κ3) is 7.91. The van der Waals surface area contributed by atoms with Gasteiger partial charge in [0.2, 0.25) is 0 Å². The molecule has 1 aliphatic rings. The molecular weight excluding hydrogens is 540 g/mol. The lowest BCUT2D eigenvalue weighted by Gasteiger charge is -2.32. The normalized spacial score (nSPS) is 28.1. The number of hydrogen-bond donors (Lipinski definition) is 7. The molecule has 1 aromatic heterocycles. The van der Waals surface area contributed by atoms with Crippen molar-refractivity contribution in [2.24, 2.45) is 0 Å². The Kier molecular flexibility index (Phi) is 10.4. The first-order chi connectivity index (χ1) is 16.6. The minimum atomic E-state index is -5.78. The van der Waals surface area contributed by atoms with Crippen LogP contribution >= 0.6 is 15.6 Å². The molecule has 0 aliphatic carbocycles. The molecule has 0 saturated carbocycles. The monoisotopic (exact) mass is 563 g/mol. The Balaban J connectivity index is 1.93. The summed E-state index contributed by atoms with van der Waals surface area (Å²) in [4.78, 5) is 50.0. The number of nitrogens with two attached hydrogens (primary N) is 1. The van der Waals surface area contributed by atoms with Crippen molar-refractivity contribution in [3.63, 3.8) is 0 Å². The van der Waals surface area contributed by atoms with Gasteiger partial charge < -0.3 is 59.9 Å². The third-order valence-electron chi connectivity index (χ3n) is 4.67. The van der Waals surface area contributed by atoms with E-state index in [0.29, 0.717) is 0 Å². The van der Waals surface area contributed by atoms with E-state index in [0.717, 1.165) is 10.8 Å². The Labute approximate surface area is 201 Å². The predicted molar refractivity (Wildman–Crippen MR) is 107 cm³/mol. The number of Topliss-reactive ketones (excluding diaryl/α,β-unsaturated/α-hetero) is 1. The SMILES string of the molecule is Nc1ccn([C@@H]2O[C@H](COP(=O)([O-])OP(=O)([O-])OC[C@@H](O)[C@@H](O)[C@H](O)C(=O)CO)[C@@H](O)[C@H]2O)c(=O)n1. The Morgan fingerprint density at radius 2 is 1.81 bits per heavy atom. The van der Waals surface area contributed by atoms with Gasteiger partial charge in [0.25, 0.3) is 15.6 Å². The average Bonchev–Trinajstić information content (AvgIpc) is 3.07. The van der Waals surface area contributed by atoms with Crippen LogP contribution in [0.2, 0.25) is 0 Å². The highest BCUT2D eigenvalue weighted by molar-refractivity contribution is 7.59. The first kappa shape index (κ1) is 30.6. The summed E-state index contributed by atoms with van der Waals surface area (Å²) in [6, 6.07) is 1.18. The molecular formula is C15H23N3O16P2-2. The van der Waals surface area contributed by atoms with Crippen LogP contribution in [0.4, 0.5) is 5.82 Å². The Hall–Kier alpha value is -1.67. The van der Waals surface area contributed by atoms with Gasteiger partial charge in [-0.1, -0.05) is 0 Å². The van der Waals surface area contributed by atoms with Crippen LogP contribution in [0, 0.1) is 0 Å². The second-order valence-corrected chi connectivity index (χ2v) is 10.2. The van der Waals surface area contributed by atoms with E-state index in [9.17, 15) is 54.0 Å². The molecule has 2 rings (SSSR count). The molecule has 0 radical (unpaired) electrons. The molecule has 1 aliphatic heterocycles. The second kappa shape index (κ2) is 12.2. The van der Waals surface area contributed by atoms with Crippen LogP contribution in [-0.4, -0.2) is 102 Å². The second-order valence-electron chi connectivity index (χ2n) is 7.28. The van der Waals surface area contributed by atoms with Crippen molar-refractivity contribution in [1.29, 1.82) is 0 Å². The Bertz CT molecular complexity index is 1070. The molecule has 0 bridgehead atoms. The van der Waals surface area contributed by atoms with E-state index in [1.807, 2.05) is 0 Å². The molecule has 8 N–H and O–H groups in total. The number of nitrogen functional groups attached to an aromatic ring is 1. The van der Waals surface area contributed by atoms with Gasteiger partial charge in [0.05, 0.1) is 13.2 Å². The Morgan fingerprint density at radius 3 is 2.39 bits per heavy atom. The fourth-order valence-corrected chi connectivity index (χ4v) is 4.83. The molecule has 1 fully saturated rings. The van der Waals surface area contributed by atoms with Crippen molar-refractivity contribution in [3.05, 3.63) is 22.7 Å². The summed E-state index contributed by atoms with van der Waals surface area (Å²) in [6.45, 7) is -3.67. The van der Waals surface area contributed by atoms with E-state index in [1.165, 1.54) is 6.07 Å². The maximum atomic E-state index is 11.9. The van der Waals surface area contributed by atoms with E-state index >= 15 is 0 Å². The fraction of sp³-hybridized carbons (Fsp3) is 0.667. The van der Waals surface area contributed by atoms with Crippen LogP contribution in [0.15, 0.2) is 17.1 Å². The van der Waals surface area contributed by atoms with Crippen LogP contribution in [0.5, 0.6) is 0 Å². The number of carbonyl (C=O) groups is 1. The number of hydrogen-bond acceptors (Lipinski definition) is 18. The molecule has 21 heteroatoms. The highest BCUT2D eigenvalue weighted by atomic mass is 31.3. The molecule has 9 atom stereocenters. The number of aliphatic hydroxyl groups is 6. The molecule has 0 spiro atoms. The predicted octanol–water partition coefficient (Wildman–Crippen LogP) is -5.92. The van der Waals surface area contributed by atoms with E-state index < -0.39 is 89.8 Å². The molecule has 206 valence electrons. The van der Waals surface area contributed by atoms with Gasteiger partial charge in [-0.2, -0.15) is 4.98 Å². The Morgan fingerprint density at radius 1 is 1.19 bits per heavy atom. The number of carbonyl (C=O) groups excluding carboxylic acids is 1. The first-order valence-electron chi connectivity index (χ1n) is 9.75. The smallest absolute Gasteiger partial charge is 0.351 e. The number of aliphatic hydroxyl groups excluding tert-OH is 6. The van der Waals surface area contributed by atoms with Gasteiger partial charge in [-0.15, -0.1) is 0 Å². The van der Waals surface area contributed by atoms with Crippen molar-refractivity contribution >= 4 is 27.2 Å². The lowest BCUT2D eigenvalue weighted by atomic mass is 10.1. The number of ether oxygens (including phenoxy) is 1. The third-order valence-corrected chi connectivity index (χ3v) is 7.20. The number of nitrogens with zero attached hydrogens (tertiary/aromatic N) is 2. The zero-order valence-corrected chi connectivity index (χ0v) is 19.7. The van der Waals surface area contributed by atoms with Crippen LogP contribution < -0.4 is 21.2 Å². The van der Waals surface area contributed by atoms with Gasteiger partial charge in [0.1, 0.15) is 49.0 Å². The van der Waals surface area contributed by atoms with Crippen molar-refractivity contribution in [1.82, 2.24) is 9.55 Å². The molecule has 2 heterocycles. The highest BCUT2D eigenvalue weighted by Gasteiger charge is 2.45. The molecule has 0 aromatic carbocycles. The molecule has 19 nitrogen and oxygen atoms in total. The van der Waals surface area contributed by atoms with Crippen LogP contribution in [0.3, 0.4) is 0 Å². The topological polar surface area (TPSA) is 317 Å². The van der Waals surface area contributed by atoms with Gasteiger partial charge in [-0.25, -0.2) is 9.11 Å². The summed E-state index contributed by atoms with van der Waals surface area (Å²) in [5.41, 5.74) is 4.39. The van der Waals surface area contributed by atoms with Gasteiger partial charge >= 0.3 is 5.69 Å². The number of aromatic nitrogens is 2. The summed E-state index contributed by atoms with van der Waals surface area (Å²) in [5, 5.41) is 57.2. The standard InChI is InChI=1S/C15H25N3O16P2/c16-9-1-2-18(15(26)17-9)14-13(25)12(24)8(33-14)5-32-36(29,30)34-35(27,28)31-4-7(21)11(23)10(22)6(20)3-19/h1-2,7-8,10-14,19,21-25H,3-5H2,(H,27,28)(H,29,30)(H2,16,17,26)/p-2/t7-,8-,10-,11-,12-,13-,14-/m1/s1. The highest BCUT2D eigenvalue weighted by Crippen LogP contribution is 2.55. The maximum absolute atomic E-state index is 11.9. The van der Waals surface area contributed by atoms with Gasteiger partial charge in [0, 0.05) is 6.20 Å².